The molecule has 0 atom stereocenters. The van der Waals surface area contributed by atoms with E-state index in [1.807, 2.05) is 81.4 Å². The Balaban J connectivity index is 1.92. The van der Waals surface area contributed by atoms with E-state index in [1.54, 1.807) is 13.8 Å². The van der Waals surface area contributed by atoms with Crippen LogP contribution in [0.3, 0.4) is 0 Å². The number of amides is 1. The quantitative estimate of drug-likeness (QED) is 0.504. The van der Waals surface area contributed by atoms with E-state index in [2.05, 4.69) is 5.32 Å². The average Bonchev–Trinajstić information content (AvgIpc) is 2.73. The smallest absolute Gasteiger partial charge is 0.244 e. The van der Waals surface area contributed by atoms with Crippen molar-refractivity contribution in [1.29, 1.82) is 0 Å². The molecule has 0 unspecified atom stereocenters. The Kier molecular flexibility index (Phi) is 7.72. The summed E-state index contributed by atoms with van der Waals surface area (Å²) in [4.78, 5) is 13.3. The first kappa shape index (κ1) is 24.7. The highest BCUT2D eigenvalue weighted by molar-refractivity contribution is 7.89. The van der Waals surface area contributed by atoms with Crippen molar-refractivity contribution in [3.63, 3.8) is 0 Å². The predicted octanol–water partition coefficient (Wildman–Crippen LogP) is 5.10. The van der Waals surface area contributed by atoms with Crippen molar-refractivity contribution in [2.75, 3.05) is 18.4 Å². The molecule has 0 bridgehead atoms. The first-order valence-corrected chi connectivity index (χ1v) is 12.5. The lowest BCUT2D eigenvalue weighted by Gasteiger charge is -2.24. The molecule has 3 aromatic carbocycles. The van der Waals surface area contributed by atoms with Gasteiger partial charge >= 0.3 is 0 Å². The zero-order valence-corrected chi connectivity index (χ0v) is 20.8. The van der Waals surface area contributed by atoms with Gasteiger partial charge in [-0.25, -0.2) is 8.42 Å². The van der Waals surface area contributed by atoms with Crippen LogP contribution in [0.4, 0.5) is 5.69 Å². The molecule has 5 nitrogen and oxygen atoms in total. The third kappa shape index (κ3) is 6.09. The van der Waals surface area contributed by atoms with E-state index in [0.717, 1.165) is 22.3 Å². The average molecular weight is 465 g/mol. The van der Waals surface area contributed by atoms with Crippen LogP contribution in [-0.4, -0.2) is 31.7 Å². The Labute approximate surface area is 197 Å². The van der Waals surface area contributed by atoms with Crippen molar-refractivity contribution in [1.82, 2.24) is 4.31 Å². The number of carbonyl (C=O) groups is 1. The Morgan fingerprint density at radius 1 is 0.818 bits per heavy atom. The van der Waals surface area contributed by atoms with Crippen molar-refractivity contribution >= 4 is 21.6 Å². The van der Waals surface area contributed by atoms with Crippen LogP contribution >= 0.6 is 0 Å². The zero-order chi connectivity index (χ0) is 24.2. The topological polar surface area (TPSA) is 66.5 Å². The predicted molar refractivity (Wildman–Crippen MR) is 134 cm³/mol. The van der Waals surface area contributed by atoms with Crippen molar-refractivity contribution in [2.45, 2.75) is 45.9 Å². The van der Waals surface area contributed by atoms with Gasteiger partial charge < -0.3 is 5.32 Å². The van der Waals surface area contributed by atoms with Gasteiger partial charge in [0, 0.05) is 12.2 Å². The number of anilines is 1. The summed E-state index contributed by atoms with van der Waals surface area (Å²) in [7, 11) is -3.88. The second-order valence-corrected chi connectivity index (χ2v) is 10.5. The fourth-order valence-corrected chi connectivity index (χ4v) is 5.91. The third-order valence-corrected chi connectivity index (χ3v) is 7.83. The van der Waals surface area contributed by atoms with Crippen molar-refractivity contribution in [3.05, 3.63) is 94.0 Å². The van der Waals surface area contributed by atoms with E-state index in [9.17, 15) is 13.2 Å². The molecule has 0 aliphatic carbocycles. The van der Waals surface area contributed by atoms with E-state index in [1.165, 1.54) is 4.31 Å². The minimum Gasteiger partial charge on any atom is -0.325 e. The number of hydrogen-bond acceptors (Lipinski definition) is 3. The summed E-state index contributed by atoms with van der Waals surface area (Å²) in [6.07, 6.45) is 0.515. The molecule has 33 heavy (non-hydrogen) atoms. The van der Waals surface area contributed by atoms with Gasteiger partial charge in [0.25, 0.3) is 0 Å². The van der Waals surface area contributed by atoms with Crippen LogP contribution in [-0.2, 0) is 21.2 Å². The number of carbonyl (C=O) groups excluding carboxylic acids is 1. The van der Waals surface area contributed by atoms with Gasteiger partial charge in [-0.2, -0.15) is 4.31 Å². The van der Waals surface area contributed by atoms with Crippen LogP contribution in [0.5, 0.6) is 0 Å². The highest BCUT2D eigenvalue weighted by atomic mass is 32.2. The lowest BCUT2D eigenvalue weighted by Crippen LogP contribution is -2.40. The lowest BCUT2D eigenvalue weighted by atomic mass is 10.1. The molecule has 174 valence electrons. The van der Waals surface area contributed by atoms with Gasteiger partial charge in [-0.15, -0.1) is 0 Å². The number of sulfonamides is 1. The SMILES string of the molecule is Cc1cc(C)c(S(=O)(=O)N(CCc2ccccc2)CC(=O)Nc2cc(C)ccc2C)c(C)c1. The number of nitrogens with one attached hydrogen (secondary N) is 1. The van der Waals surface area contributed by atoms with Crippen LogP contribution in [0, 0.1) is 34.6 Å². The number of nitrogens with zero attached hydrogens (tertiary/aromatic N) is 1. The van der Waals surface area contributed by atoms with E-state index >= 15 is 0 Å². The molecule has 0 fully saturated rings. The summed E-state index contributed by atoms with van der Waals surface area (Å²) in [5.41, 5.74) is 6.05. The molecular weight excluding hydrogens is 432 g/mol. The van der Waals surface area contributed by atoms with Crippen molar-refractivity contribution in [3.8, 4) is 0 Å². The zero-order valence-electron chi connectivity index (χ0n) is 20.0. The first-order valence-electron chi connectivity index (χ1n) is 11.1. The molecule has 0 aliphatic rings. The van der Waals surface area contributed by atoms with E-state index in [4.69, 9.17) is 0 Å². The van der Waals surface area contributed by atoms with Crippen molar-refractivity contribution in [2.24, 2.45) is 0 Å². The molecular formula is C27H32N2O3S. The Morgan fingerprint density at radius 2 is 1.45 bits per heavy atom. The normalized spacial score (nSPS) is 11.6. The number of hydrogen-bond donors (Lipinski definition) is 1. The Bertz CT molecular complexity index is 1230. The highest BCUT2D eigenvalue weighted by Gasteiger charge is 2.29. The molecule has 0 spiro atoms. The molecule has 0 heterocycles. The summed E-state index contributed by atoms with van der Waals surface area (Å²) in [5.74, 6) is -0.359. The van der Waals surface area contributed by atoms with Gasteiger partial charge in [-0.3, -0.25) is 4.79 Å². The third-order valence-electron chi connectivity index (χ3n) is 5.68. The minimum atomic E-state index is -3.88. The maximum atomic E-state index is 13.8. The summed E-state index contributed by atoms with van der Waals surface area (Å²) >= 11 is 0. The second kappa shape index (κ2) is 10.3. The van der Waals surface area contributed by atoms with Gasteiger partial charge in [0.15, 0.2) is 0 Å². The molecule has 3 rings (SSSR count). The van der Waals surface area contributed by atoms with Crippen molar-refractivity contribution < 1.29 is 13.2 Å². The number of benzene rings is 3. The molecule has 0 saturated heterocycles. The van der Waals surface area contributed by atoms with Crippen LogP contribution in [0.15, 0.2) is 65.6 Å². The van der Waals surface area contributed by atoms with E-state index in [0.29, 0.717) is 23.2 Å². The molecule has 1 N–H and O–H groups in total. The monoisotopic (exact) mass is 464 g/mol. The highest BCUT2D eigenvalue weighted by Crippen LogP contribution is 2.26. The Morgan fingerprint density at radius 3 is 2.09 bits per heavy atom. The van der Waals surface area contributed by atoms with Gasteiger partial charge in [0.2, 0.25) is 15.9 Å². The molecule has 0 saturated carbocycles. The fraction of sp³-hybridized carbons (Fsp3) is 0.296. The molecule has 1 amide bonds. The largest absolute Gasteiger partial charge is 0.325 e. The first-order chi connectivity index (χ1) is 15.6. The summed E-state index contributed by atoms with van der Waals surface area (Å²) < 4.78 is 28.8. The molecule has 6 heteroatoms. The standard InChI is InChI=1S/C27H32N2O3S/c1-19-11-12-21(3)25(17-19)28-26(30)18-29(14-13-24-9-7-6-8-10-24)33(31,32)27-22(4)15-20(2)16-23(27)5/h6-12,15-17H,13-14,18H2,1-5H3,(H,28,30). The van der Waals surface area contributed by atoms with Crippen LogP contribution < -0.4 is 5.32 Å². The lowest BCUT2D eigenvalue weighted by molar-refractivity contribution is -0.116. The fourth-order valence-electron chi connectivity index (χ4n) is 4.11. The van der Waals surface area contributed by atoms with Gasteiger partial charge in [-0.05, 0) is 74.9 Å². The maximum Gasteiger partial charge on any atom is 0.244 e. The number of rotatable bonds is 8. The molecule has 0 aliphatic heterocycles. The minimum absolute atomic E-state index is 0.208. The second-order valence-electron chi connectivity index (χ2n) is 8.67. The molecule has 3 aromatic rings. The van der Waals surface area contributed by atoms with Crippen LogP contribution in [0.25, 0.3) is 0 Å². The summed E-state index contributed by atoms with van der Waals surface area (Å²) in [5, 5.41) is 2.90. The maximum absolute atomic E-state index is 13.8. The van der Waals surface area contributed by atoms with Gasteiger partial charge in [0.1, 0.15) is 0 Å². The van der Waals surface area contributed by atoms with Crippen LogP contribution in [0.2, 0.25) is 0 Å². The van der Waals surface area contributed by atoms with E-state index in [-0.39, 0.29) is 23.9 Å². The molecule has 0 radical (unpaired) electrons. The van der Waals surface area contributed by atoms with Crippen LogP contribution in [0.1, 0.15) is 33.4 Å². The van der Waals surface area contributed by atoms with E-state index < -0.39 is 10.0 Å². The number of aryl methyl sites for hydroxylation is 5. The summed E-state index contributed by atoms with van der Waals surface area (Å²) in [6, 6.07) is 19.2. The Hall–Kier alpha value is -2.96. The molecule has 0 aromatic heterocycles. The summed E-state index contributed by atoms with van der Waals surface area (Å²) in [6.45, 7) is 9.37. The van der Waals surface area contributed by atoms with Gasteiger partial charge in [-0.1, -0.05) is 60.2 Å². The van der Waals surface area contributed by atoms with Gasteiger partial charge in [0.05, 0.1) is 11.4 Å².